The molecular weight excluding hydrogens is 234 g/mol. The average molecular weight is 259 g/mol. The molecule has 0 aliphatic carbocycles. The molecule has 1 atom stereocenters. The molecule has 0 aromatic heterocycles. The van der Waals surface area contributed by atoms with Gasteiger partial charge in [0.2, 0.25) is 0 Å². The van der Waals surface area contributed by atoms with Crippen molar-refractivity contribution in [1.82, 2.24) is 5.32 Å². The molecular formula is C16H25N3. The fourth-order valence-electron chi connectivity index (χ4n) is 3.41. The molecule has 2 aliphatic heterocycles. The van der Waals surface area contributed by atoms with Crippen molar-refractivity contribution in [3.05, 3.63) is 23.3 Å². The molecule has 3 nitrogen and oxygen atoms in total. The van der Waals surface area contributed by atoms with E-state index in [1.165, 1.54) is 22.5 Å². The van der Waals surface area contributed by atoms with Gasteiger partial charge in [-0.2, -0.15) is 0 Å². The molecule has 1 unspecified atom stereocenters. The third-order valence-corrected chi connectivity index (χ3v) is 4.66. The number of fused-ring (bicyclic) bond motifs is 3. The van der Waals surface area contributed by atoms with Crippen LogP contribution >= 0.6 is 0 Å². The van der Waals surface area contributed by atoms with Crippen LogP contribution in [0.5, 0.6) is 0 Å². The van der Waals surface area contributed by atoms with Crippen LogP contribution in [0, 0.1) is 13.8 Å². The summed E-state index contributed by atoms with van der Waals surface area (Å²) in [5, 5.41) is 3.54. The molecule has 3 heteroatoms. The van der Waals surface area contributed by atoms with Crippen molar-refractivity contribution < 1.29 is 0 Å². The van der Waals surface area contributed by atoms with Gasteiger partial charge in [-0.1, -0.05) is 6.07 Å². The lowest BCUT2D eigenvalue weighted by atomic mass is 9.97. The van der Waals surface area contributed by atoms with Gasteiger partial charge in [0, 0.05) is 32.2 Å². The van der Waals surface area contributed by atoms with Crippen LogP contribution in [0.1, 0.15) is 25.0 Å². The van der Waals surface area contributed by atoms with E-state index in [0.717, 1.165) is 26.2 Å². The lowest BCUT2D eigenvalue weighted by Crippen LogP contribution is -2.60. The maximum atomic E-state index is 3.54. The van der Waals surface area contributed by atoms with E-state index in [1.54, 1.807) is 0 Å². The average Bonchev–Trinajstić information content (AvgIpc) is 2.41. The van der Waals surface area contributed by atoms with Gasteiger partial charge in [0.05, 0.1) is 17.4 Å². The van der Waals surface area contributed by atoms with Crippen LogP contribution < -0.4 is 15.1 Å². The van der Waals surface area contributed by atoms with E-state index in [-0.39, 0.29) is 0 Å². The van der Waals surface area contributed by atoms with Crippen LogP contribution in [0.2, 0.25) is 0 Å². The Morgan fingerprint density at radius 3 is 2.79 bits per heavy atom. The summed E-state index contributed by atoms with van der Waals surface area (Å²) in [6.45, 7) is 13.6. The Balaban J connectivity index is 2.13. The second-order valence-corrected chi connectivity index (χ2v) is 6.17. The molecule has 1 N–H and O–H groups in total. The number of nitrogens with one attached hydrogen (secondary N) is 1. The lowest BCUT2D eigenvalue weighted by Gasteiger charge is -2.49. The van der Waals surface area contributed by atoms with Gasteiger partial charge in [0.15, 0.2) is 0 Å². The van der Waals surface area contributed by atoms with Crippen LogP contribution in [-0.4, -0.2) is 38.3 Å². The number of hydrogen-bond donors (Lipinski definition) is 1. The van der Waals surface area contributed by atoms with Crippen LogP contribution in [-0.2, 0) is 0 Å². The smallest absolute Gasteiger partial charge is 0.0640 e. The summed E-state index contributed by atoms with van der Waals surface area (Å²) >= 11 is 0. The molecule has 3 rings (SSSR count). The van der Waals surface area contributed by atoms with E-state index in [1.807, 2.05) is 0 Å². The predicted molar refractivity (Wildman–Crippen MR) is 82.4 cm³/mol. The van der Waals surface area contributed by atoms with E-state index < -0.39 is 0 Å². The highest BCUT2D eigenvalue weighted by Gasteiger charge is 2.34. The Morgan fingerprint density at radius 2 is 2.05 bits per heavy atom. The molecule has 1 saturated heterocycles. The fourth-order valence-corrected chi connectivity index (χ4v) is 3.41. The van der Waals surface area contributed by atoms with Crippen molar-refractivity contribution in [2.75, 3.05) is 36.0 Å². The maximum absolute atomic E-state index is 3.54. The number of rotatable bonds is 1. The van der Waals surface area contributed by atoms with Crippen LogP contribution in [0.3, 0.4) is 0 Å². The van der Waals surface area contributed by atoms with E-state index >= 15 is 0 Å². The summed E-state index contributed by atoms with van der Waals surface area (Å²) < 4.78 is 0. The van der Waals surface area contributed by atoms with Crippen molar-refractivity contribution in [2.24, 2.45) is 0 Å². The SMILES string of the molecule is Cc1ccc2c(c1C)N1CCNCC1CN2C(C)C. The Hall–Kier alpha value is -1.22. The summed E-state index contributed by atoms with van der Waals surface area (Å²) in [4.78, 5) is 5.20. The zero-order valence-electron chi connectivity index (χ0n) is 12.5. The fraction of sp³-hybridized carbons (Fsp3) is 0.625. The Kier molecular flexibility index (Phi) is 3.17. The first-order valence-electron chi connectivity index (χ1n) is 7.44. The number of piperazine rings is 1. The van der Waals surface area contributed by atoms with Crippen molar-refractivity contribution in [1.29, 1.82) is 0 Å². The topological polar surface area (TPSA) is 18.5 Å². The summed E-state index contributed by atoms with van der Waals surface area (Å²) in [7, 11) is 0. The highest BCUT2D eigenvalue weighted by atomic mass is 15.3. The first kappa shape index (κ1) is 12.8. The molecule has 104 valence electrons. The zero-order valence-corrected chi connectivity index (χ0v) is 12.5. The molecule has 0 amide bonds. The Morgan fingerprint density at radius 1 is 1.26 bits per heavy atom. The van der Waals surface area contributed by atoms with Gasteiger partial charge < -0.3 is 15.1 Å². The highest BCUT2D eigenvalue weighted by Crippen LogP contribution is 2.40. The van der Waals surface area contributed by atoms with E-state index in [9.17, 15) is 0 Å². The maximum Gasteiger partial charge on any atom is 0.0640 e. The Labute approximate surface area is 116 Å². The molecule has 1 aromatic rings. The number of aryl methyl sites for hydroxylation is 1. The molecule has 2 heterocycles. The van der Waals surface area contributed by atoms with E-state index in [4.69, 9.17) is 0 Å². The van der Waals surface area contributed by atoms with Crippen LogP contribution in [0.15, 0.2) is 12.1 Å². The largest absolute Gasteiger partial charge is 0.365 e. The molecule has 0 bridgehead atoms. The normalized spacial score (nSPS) is 22.5. The van der Waals surface area contributed by atoms with Gasteiger partial charge in [-0.25, -0.2) is 0 Å². The Bertz CT molecular complexity index is 481. The number of anilines is 2. The van der Waals surface area contributed by atoms with E-state index in [2.05, 4.69) is 54.9 Å². The summed E-state index contributed by atoms with van der Waals surface area (Å²) in [5.41, 5.74) is 5.76. The predicted octanol–water partition coefficient (Wildman–Crippen LogP) is 2.31. The van der Waals surface area contributed by atoms with Crippen molar-refractivity contribution in [2.45, 2.75) is 39.8 Å². The third kappa shape index (κ3) is 2.00. The first-order valence-corrected chi connectivity index (χ1v) is 7.44. The minimum atomic E-state index is 0.560. The second kappa shape index (κ2) is 4.71. The number of hydrogen-bond acceptors (Lipinski definition) is 3. The molecule has 0 saturated carbocycles. The quantitative estimate of drug-likeness (QED) is 0.835. The molecule has 1 aromatic carbocycles. The van der Waals surface area contributed by atoms with Gasteiger partial charge in [0.1, 0.15) is 0 Å². The van der Waals surface area contributed by atoms with Gasteiger partial charge >= 0.3 is 0 Å². The minimum Gasteiger partial charge on any atom is -0.365 e. The third-order valence-electron chi connectivity index (χ3n) is 4.66. The van der Waals surface area contributed by atoms with Crippen LogP contribution in [0.4, 0.5) is 11.4 Å². The van der Waals surface area contributed by atoms with Gasteiger partial charge in [-0.3, -0.25) is 0 Å². The van der Waals surface area contributed by atoms with Crippen molar-refractivity contribution in [3.8, 4) is 0 Å². The number of nitrogens with zero attached hydrogens (tertiary/aromatic N) is 2. The van der Waals surface area contributed by atoms with Crippen molar-refractivity contribution in [3.63, 3.8) is 0 Å². The minimum absolute atomic E-state index is 0.560. The first-order chi connectivity index (χ1) is 9.09. The van der Waals surface area contributed by atoms with Gasteiger partial charge in [-0.05, 0) is 44.9 Å². The summed E-state index contributed by atoms with van der Waals surface area (Å²) in [6.07, 6.45) is 0. The number of benzene rings is 1. The van der Waals surface area contributed by atoms with E-state index in [0.29, 0.717) is 12.1 Å². The highest BCUT2D eigenvalue weighted by molar-refractivity contribution is 5.79. The molecule has 0 radical (unpaired) electrons. The van der Waals surface area contributed by atoms with Crippen molar-refractivity contribution >= 4 is 11.4 Å². The lowest BCUT2D eigenvalue weighted by molar-refractivity contribution is 0.448. The van der Waals surface area contributed by atoms with Gasteiger partial charge in [0.25, 0.3) is 0 Å². The summed E-state index contributed by atoms with van der Waals surface area (Å²) in [5.74, 6) is 0. The molecule has 0 spiro atoms. The van der Waals surface area contributed by atoms with Gasteiger partial charge in [-0.15, -0.1) is 0 Å². The standard InChI is InChI=1S/C16H25N3/c1-11(2)19-10-14-9-17-7-8-18(14)16-13(4)12(3)5-6-15(16)19/h5-6,11,14,17H,7-10H2,1-4H3. The monoisotopic (exact) mass is 259 g/mol. The van der Waals surface area contributed by atoms with Crippen LogP contribution in [0.25, 0.3) is 0 Å². The second-order valence-electron chi connectivity index (χ2n) is 6.17. The zero-order chi connectivity index (χ0) is 13.6. The molecule has 19 heavy (non-hydrogen) atoms. The summed E-state index contributed by atoms with van der Waals surface area (Å²) in [6, 6.07) is 5.76. The molecule has 1 fully saturated rings. The molecule has 2 aliphatic rings.